The molecule has 14 heavy (non-hydrogen) atoms. The van der Waals surface area contributed by atoms with Crippen molar-refractivity contribution in [2.24, 2.45) is 0 Å². The van der Waals surface area contributed by atoms with Crippen molar-refractivity contribution in [3.63, 3.8) is 0 Å². The molecule has 0 atom stereocenters. The number of unbranched alkanes of at least 4 members (excludes halogenated alkanes) is 3. The molecule has 0 aliphatic carbocycles. The van der Waals surface area contributed by atoms with Crippen LogP contribution in [0, 0.1) is 0 Å². The summed E-state index contributed by atoms with van der Waals surface area (Å²) in [5, 5.41) is 0. The van der Waals surface area contributed by atoms with Crippen molar-refractivity contribution in [3.05, 3.63) is 0 Å². The van der Waals surface area contributed by atoms with E-state index >= 15 is 0 Å². The van der Waals surface area contributed by atoms with Gasteiger partial charge in [0.05, 0.1) is 0 Å². The van der Waals surface area contributed by atoms with Gasteiger partial charge in [0.2, 0.25) is 0 Å². The standard InChI is InChI=1S/C12H27Te.HI/c1-4-7-10-13(11-8-5-2)12-9-6-3;/h4-12H2,1-3H3;1H/q+1;/p-1. The molecular weight excluding hydrogens is 399 g/mol. The van der Waals surface area contributed by atoms with Gasteiger partial charge >= 0.3 is 92.3 Å². The third-order valence-electron chi connectivity index (χ3n) is 2.36. The maximum absolute atomic E-state index is 2.33. The molecule has 0 saturated heterocycles. The first kappa shape index (κ1) is 17.9. The fraction of sp³-hybridized carbons (Fsp3) is 1.00. The van der Waals surface area contributed by atoms with Crippen LogP contribution in [0.25, 0.3) is 0 Å². The molecule has 0 saturated carbocycles. The molecule has 0 radical (unpaired) electrons. The average Bonchev–Trinajstić information content (AvgIpc) is 2.17. The van der Waals surface area contributed by atoms with Crippen LogP contribution in [0.5, 0.6) is 0 Å². The monoisotopic (exact) mass is 428 g/mol. The van der Waals surface area contributed by atoms with Crippen LogP contribution in [0.15, 0.2) is 0 Å². The van der Waals surface area contributed by atoms with E-state index in [0.29, 0.717) is 0 Å². The Balaban J connectivity index is 0. The molecule has 0 heterocycles. The summed E-state index contributed by atoms with van der Waals surface area (Å²) in [7, 11) is 0. The molecule has 0 N–H and O–H groups in total. The van der Waals surface area contributed by atoms with Crippen molar-refractivity contribution in [1.29, 1.82) is 0 Å². The molecule has 0 amide bonds. The van der Waals surface area contributed by atoms with Gasteiger partial charge in [0.25, 0.3) is 0 Å². The second-order valence-corrected chi connectivity index (χ2v) is 10.8. The first-order valence-corrected chi connectivity index (χ1v) is 10.9. The van der Waals surface area contributed by atoms with E-state index in [1.54, 1.807) is 13.4 Å². The van der Waals surface area contributed by atoms with Gasteiger partial charge in [0.1, 0.15) is 0 Å². The minimum absolute atomic E-state index is 0. The van der Waals surface area contributed by atoms with Crippen LogP contribution in [0.3, 0.4) is 0 Å². The number of hydrogen-bond acceptors (Lipinski definition) is 0. The molecule has 2 heteroatoms. The summed E-state index contributed by atoms with van der Waals surface area (Å²) in [6.45, 7) is 6.99. The van der Waals surface area contributed by atoms with Gasteiger partial charge in [-0.05, 0) is 0 Å². The van der Waals surface area contributed by atoms with E-state index in [-0.39, 0.29) is 24.0 Å². The van der Waals surface area contributed by atoms with Crippen LogP contribution in [-0.4, -0.2) is 19.6 Å². The van der Waals surface area contributed by atoms with Crippen LogP contribution in [0.4, 0.5) is 0 Å². The van der Waals surface area contributed by atoms with E-state index < -0.39 is 19.6 Å². The smallest absolute Gasteiger partial charge is 1.00 e. The Morgan fingerprint density at radius 3 is 1.14 bits per heavy atom. The minimum atomic E-state index is -0.584. The predicted molar refractivity (Wildman–Crippen MR) is 64.9 cm³/mol. The maximum Gasteiger partial charge on any atom is -1.00 e. The fourth-order valence-electron chi connectivity index (χ4n) is 1.35. The molecule has 0 aromatic rings. The Bertz CT molecular complexity index is 77.3. The zero-order chi connectivity index (χ0) is 9.94. The van der Waals surface area contributed by atoms with Crippen LogP contribution in [-0.2, 0) is 0 Å². The number of rotatable bonds is 9. The number of hydrogen-bond donors (Lipinski definition) is 0. The maximum atomic E-state index is 2.33. The van der Waals surface area contributed by atoms with Crippen molar-refractivity contribution < 1.29 is 24.0 Å². The van der Waals surface area contributed by atoms with Crippen molar-refractivity contribution in [2.45, 2.75) is 72.7 Å². The Labute approximate surface area is 115 Å². The number of halogens is 1. The zero-order valence-electron chi connectivity index (χ0n) is 10.2. The van der Waals surface area contributed by atoms with Crippen LogP contribution >= 0.6 is 0 Å². The Morgan fingerprint density at radius 1 is 0.643 bits per heavy atom. The molecular formula is C12H27ITe. The molecule has 0 aliphatic heterocycles. The molecule has 0 bridgehead atoms. The predicted octanol–water partition coefficient (Wildman–Crippen LogP) is 1.89. The summed E-state index contributed by atoms with van der Waals surface area (Å²) >= 11 is -0.584. The molecule has 0 unspecified atom stereocenters. The van der Waals surface area contributed by atoms with Gasteiger partial charge in [-0.15, -0.1) is 0 Å². The Kier molecular flexibility index (Phi) is 18.6. The Hall–Kier alpha value is 1.52. The summed E-state index contributed by atoms with van der Waals surface area (Å²) in [4.78, 5) is 0. The van der Waals surface area contributed by atoms with E-state index in [9.17, 15) is 0 Å². The molecule has 0 aromatic heterocycles. The van der Waals surface area contributed by atoms with Crippen LogP contribution < -0.4 is 24.0 Å². The van der Waals surface area contributed by atoms with Gasteiger partial charge in [0.15, 0.2) is 0 Å². The first-order valence-electron chi connectivity index (χ1n) is 5.99. The van der Waals surface area contributed by atoms with E-state index in [2.05, 4.69) is 20.8 Å². The second-order valence-electron chi connectivity index (χ2n) is 3.79. The topological polar surface area (TPSA) is 0 Å². The fourth-order valence-corrected chi connectivity index (χ4v) is 9.07. The average molecular weight is 426 g/mol. The molecule has 0 spiro atoms. The van der Waals surface area contributed by atoms with Crippen LogP contribution in [0.1, 0.15) is 59.3 Å². The van der Waals surface area contributed by atoms with E-state index in [0.717, 1.165) is 0 Å². The first-order chi connectivity index (χ1) is 6.35. The molecule has 0 aromatic carbocycles. The summed E-state index contributed by atoms with van der Waals surface area (Å²) < 4.78 is 4.96. The normalized spacial score (nSPS) is 10.3. The van der Waals surface area contributed by atoms with Crippen molar-refractivity contribution in [1.82, 2.24) is 0 Å². The van der Waals surface area contributed by atoms with Gasteiger partial charge < -0.3 is 24.0 Å². The molecule has 0 aliphatic rings. The molecule has 0 nitrogen and oxygen atoms in total. The summed E-state index contributed by atoms with van der Waals surface area (Å²) in [6, 6.07) is 0. The van der Waals surface area contributed by atoms with Gasteiger partial charge in [-0.1, -0.05) is 0 Å². The van der Waals surface area contributed by atoms with Crippen LogP contribution in [0.2, 0.25) is 13.4 Å². The van der Waals surface area contributed by atoms with Gasteiger partial charge in [0, 0.05) is 0 Å². The Morgan fingerprint density at radius 2 is 0.929 bits per heavy atom. The molecule has 88 valence electrons. The summed E-state index contributed by atoms with van der Waals surface area (Å²) in [5.41, 5.74) is 0. The molecule has 0 rings (SSSR count). The zero-order valence-corrected chi connectivity index (χ0v) is 14.6. The third kappa shape index (κ3) is 11.6. The molecule has 0 fully saturated rings. The largest absolute Gasteiger partial charge is 1.00 e. The van der Waals surface area contributed by atoms with Crippen molar-refractivity contribution in [3.8, 4) is 0 Å². The van der Waals surface area contributed by atoms with Gasteiger partial charge in [-0.3, -0.25) is 0 Å². The third-order valence-corrected chi connectivity index (χ3v) is 9.77. The minimum Gasteiger partial charge on any atom is -1.00 e. The van der Waals surface area contributed by atoms with Crippen molar-refractivity contribution in [2.75, 3.05) is 0 Å². The van der Waals surface area contributed by atoms with E-state index in [1.807, 2.05) is 0 Å². The second kappa shape index (κ2) is 14.5. The van der Waals surface area contributed by atoms with E-state index in [4.69, 9.17) is 0 Å². The SMILES string of the molecule is CCCC[Te+](CCCC)CCCC.[I-]. The van der Waals surface area contributed by atoms with E-state index in [1.165, 1.54) is 38.5 Å². The van der Waals surface area contributed by atoms with Gasteiger partial charge in [-0.25, -0.2) is 0 Å². The summed E-state index contributed by atoms with van der Waals surface area (Å²) in [6.07, 6.45) is 8.79. The van der Waals surface area contributed by atoms with Crippen molar-refractivity contribution >= 4 is 19.6 Å². The summed E-state index contributed by atoms with van der Waals surface area (Å²) in [5.74, 6) is 0. The van der Waals surface area contributed by atoms with Gasteiger partial charge in [-0.2, -0.15) is 0 Å². The quantitative estimate of drug-likeness (QED) is 0.391.